The second kappa shape index (κ2) is 9.26. The van der Waals surface area contributed by atoms with E-state index in [4.69, 9.17) is 4.74 Å². The van der Waals surface area contributed by atoms with Crippen LogP contribution >= 0.6 is 0 Å². The van der Waals surface area contributed by atoms with Crippen molar-refractivity contribution >= 4 is 23.5 Å². The van der Waals surface area contributed by atoms with Crippen LogP contribution in [0.4, 0.5) is 10.5 Å². The maximum atomic E-state index is 12.9. The molecule has 3 atom stereocenters. The van der Waals surface area contributed by atoms with E-state index < -0.39 is 18.0 Å². The number of carbonyl (C=O) groups is 3. The number of piperidine rings is 2. The average Bonchev–Trinajstić information content (AvgIpc) is 3.06. The Hall–Kier alpha value is -2.61. The van der Waals surface area contributed by atoms with Gasteiger partial charge in [0.15, 0.2) is 0 Å². The fourth-order valence-corrected chi connectivity index (χ4v) is 5.22. The lowest BCUT2D eigenvalue weighted by Crippen LogP contribution is -2.51. The average molecular weight is 429 g/mol. The molecule has 3 aliphatic rings. The Bertz CT molecular complexity index is 825. The van der Waals surface area contributed by atoms with E-state index in [-0.39, 0.29) is 12.3 Å². The molecule has 8 heteroatoms. The summed E-state index contributed by atoms with van der Waals surface area (Å²) < 4.78 is 5.12. The van der Waals surface area contributed by atoms with E-state index in [1.807, 2.05) is 7.05 Å². The number of nitrogens with one attached hydrogen (secondary N) is 1. The van der Waals surface area contributed by atoms with Gasteiger partial charge in [-0.25, -0.2) is 9.69 Å². The third kappa shape index (κ3) is 4.54. The summed E-state index contributed by atoms with van der Waals surface area (Å²) in [6.45, 7) is 3.04. The molecule has 0 spiro atoms. The first-order valence-corrected chi connectivity index (χ1v) is 11.2. The van der Waals surface area contributed by atoms with Crippen molar-refractivity contribution in [3.05, 3.63) is 24.3 Å². The highest BCUT2D eigenvalue weighted by Crippen LogP contribution is 2.31. The van der Waals surface area contributed by atoms with E-state index in [0.717, 1.165) is 11.3 Å². The van der Waals surface area contributed by atoms with Crippen molar-refractivity contribution in [3.8, 4) is 5.75 Å². The summed E-state index contributed by atoms with van der Waals surface area (Å²) in [5, 5.41) is 2.67. The molecule has 3 heterocycles. The highest BCUT2D eigenvalue weighted by molar-refractivity contribution is 6.22. The van der Waals surface area contributed by atoms with Crippen LogP contribution in [0.25, 0.3) is 0 Å². The van der Waals surface area contributed by atoms with E-state index in [1.165, 1.54) is 38.8 Å². The molecule has 4 rings (SSSR count). The van der Waals surface area contributed by atoms with E-state index in [2.05, 4.69) is 10.2 Å². The van der Waals surface area contributed by atoms with Crippen molar-refractivity contribution in [3.63, 3.8) is 0 Å². The van der Waals surface area contributed by atoms with Crippen molar-refractivity contribution in [2.75, 3.05) is 38.7 Å². The summed E-state index contributed by atoms with van der Waals surface area (Å²) in [5.74, 6) is 0.618. The smallest absolute Gasteiger partial charge is 0.329 e. The zero-order chi connectivity index (χ0) is 22.0. The van der Waals surface area contributed by atoms with Gasteiger partial charge in [-0.1, -0.05) is 6.42 Å². The second-order valence-electron chi connectivity index (χ2n) is 8.85. The fraction of sp³-hybridized carbons (Fsp3) is 0.609. The van der Waals surface area contributed by atoms with E-state index >= 15 is 0 Å². The number of methoxy groups -OCH3 is 1. The van der Waals surface area contributed by atoms with Gasteiger partial charge in [-0.2, -0.15) is 0 Å². The Kier molecular flexibility index (Phi) is 6.46. The summed E-state index contributed by atoms with van der Waals surface area (Å²) in [6, 6.07) is 5.94. The summed E-state index contributed by atoms with van der Waals surface area (Å²) in [6.07, 6.45) is 6.04. The zero-order valence-corrected chi connectivity index (χ0v) is 18.4. The summed E-state index contributed by atoms with van der Waals surface area (Å²) in [7, 11) is 3.37. The van der Waals surface area contributed by atoms with Gasteiger partial charge in [0.1, 0.15) is 11.8 Å². The quantitative estimate of drug-likeness (QED) is 0.703. The summed E-state index contributed by atoms with van der Waals surface area (Å²) in [5.41, 5.74) is 0.464. The van der Waals surface area contributed by atoms with Crippen LogP contribution in [0.15, 0.2) is 24.3 Å². The first-order chi connectivity index (χ1) is 15.0. The van der Waals surface area contributed by atoms with E-state index in [0.29, 0.717) is 29.9 Å². The number of anilines is 1. The molecule has 0 radical (unpaired) electrons. The van der Waals surface area contributed by atoms with Crippen molar-refractivity contribution in [2.45, 2.75) is 50.6 Å². The highest BCUT2D eigenvalue weighted by atomic mass is 16.5. The largest absolute Gasteiger partial charge is 0.497 e. The van der Waals surface area contributed by atoms with Crippen molar-refractivity contribution < 1.29 is 19.1 Å². The van der Waals surface area contributed by atoms with E-state index in [1.54, 1.807) is 36.3 Å². The minimum Gasteiger partial charge on any atom is -0.497 e. The predicted octanol–water partition coefficient (Wildman–Crippen LogP) is 2.23. The van der Waals surface area contributed by atoms with Gasteiger partial charge in [-0.15, -0.1) is 0 Å². The number of imide groups is 1. The van der Waals surface area contributed by atoms with Gasteiger partial charge in [-0.05, 0) is 69.0 Å². The Morgan fingerprint density at radius 1 is 1.13 bits per heavy atom. The molecule has 1 aromatic carbocycles. The highest BCUT2D eigenvalue weighted by Gasteiger charge is 2.41. The van der Waals surface area contributed by atoms with Crippen LogP contribution in [0.1, 0.15) is 38.5 Å². The molecule has 1 N–H and O–H groups in total. The van der Waals surface area contributed by atoms with Crippen LogP contribution in [0, 0.1) is 5.92 Å². The second-order valence-corrected chi connectivity index (χ2v) is 8.85. The number of ether oxygens (including phenoxy) is 1. The number of nitrogens with zero attached hydrogens (tertiary/aromatic N) is 3. The third-order valence-electron chi connectivity index (χ3n) is 6.89. The molecule has 31 heavy (non-hydrogen) atoms. The topological polar surface area (TPSA) is 82.2 Å². The molecule has 0 saturated carbocycles. The first kappa shape index (κ1) is 21.6. The van der Waals surface area contributed by atoms with E-state index in [9.17, 15) is 14.4 Å². The number of urea groups is 1. The van der Waals surface area contributed by atoms with Crippen LogP contribution in [0.3, 0.4) is 0 Å². The van der Waals surface area contributed by atoms with Crippen LogP contribution < -0.4 is 15.0 Å². The lowest BCUT2D eigenvalue weighted by atomic mass is 9.83. The fourth-order valence-electron chi connectivity index (χ4n) is 5.22. The van der Waals surface area contributed by atoms with Crippen molar-refractivity contribution in [1.29, 1.82) is 0 Å². The Balaban J connectivity index is 1.35. The molecule has 168 valence electrons. The maximum absolute atomic E-state index is 12.9. The molecule has 1 aromatic rings. The summed E-state index contributed by atoms with van der Waals surface area (Å²) >= 11 is 0. The molecule has 8 nitrogen and oxygen atoms in total. The molecule has 3 aliphatic heterocycles. The first-order valence-electron chi connectivity index (χ1n) is 11.2. The maximum Gasteiger partial charge on any atom is 0.329 e. The number of benzene rings is 1. The molecule has 4 amide bonds. The van der Waals surface area contributed by atoms with Crippen LogP contribution in [-0.2, 0) is 9.59 Å². The van der Waals surface area contributed by atoms with Gasteiger partial charge in [0.25, 0.3) is 5.91 Å². The number of carbonyl (C=O) groups excluding carboxylic acids is 3. The standard InChI is InChI=1S/C23H32N4O4/c1-25(15-16-6-5-13-26-12-4-3-7-20(16)26)21(28)14-19-22(29)27(23(30)24-19)17-8-10-18(31-2)11-9-17/h8-11,16,19-20H,3-7,12-15H2,1-2H3,(H,24,30)/t16-,19-,20+/m0/s1. The van der Waals surface area contributed by atoms with Gasteiger partial charge >= 0.3 is 6.03 Å². The minimum atomic E-state index is -0.831. The van der Waals surface area contributed by atoms with Crippen molar-refractivity contribution in [1.82, 2.24) is 15.1 Å². The van der Waals surface area contributed by atoms with Crippen molar-refractivity contribution in [2.24, 2.45) is 5.92 Å². The van der Waals surface area contributed by atoms with Crippen LogP contribution in [-0.4, -0.2) is 73.5 Å². The lowest BCUT2D eigenvalue weighted by molar-refractivity contribution is -0.133. The normalized spacial score (nSPS) is 26.4. The SMILES string of the molecule is COc1ccc(N2C(=O)N[C@@H](CC(=O)N(C)C[C@@H]3CCCN4CCCC[C@H]34)C2=O)cc1. The summed E-state index contributed by atoms with van der Waals surface area (Å²) in [4.78, 5) is 43.6. The Labute approximate surface area is 183 Å². The minimum absolute atomic E-state index is 0.0190. The molecule has 0 bridgehead atoms. The van der Waals surface area contributed by atoms with Gasteiger partial charge in [0.05, 0.1) is 19.2 Å². The van der Waals surface area contributed by atoms with Crippen LogP contribution in [0.5, 0.6) is 5.75 Å². The molecular formula is C23H32N4O4. The van der Waals surface area contributed by atoms with Gasteiger partial charge < -0.3 is 19.9 Å². The van der Waals surface area contributed by atoms with Gasteiger partial charge in [0.2, 0.25) is 5.91 Å². The zero-order valence-electron chi connectivity index (χ0n) is 18.4. The molecule has 0 unspecified atom stereocenters. The number of hydrogen-bond acceptors (Lipinski definition) is 5. The molecule has 3 saturated heterocycles. The van der Waals surface area contributed by atoms with Crippen LogP contribution in [0.2, 0.25) is 0 Å². The van der Waals surface area contributed by atoms with Gasteiger partial charge in [0, 0.05) is 19.6 Å². The molecule has 3 fully saturated rings. The molecular weight excluding hydrogens is 396 g/mol. The monoisotopic (exact) mass is 428 g/mol. The Morgan fingerprint density at radius 3 is 2.61 bits per heavy atom. The number of fused-ring (bicyclic) bond motifs is 1. The van der Waals surface area contributed by atoms with Gasteiger partial charge in [-0.3, -0.25) is 9.59 Å². The predicted molar refractivity (Wildman–Crippen MR) is 117 cm³/mol. The third-order valence-corrected chi connectivity index (χ3v) is 6.89. The number of hydrogen-bond donors (Lipinski definition) is 1. The Morgan fingerprint density at radius 2 is 1.87 bits per heavy atom. The molecule has 0 aromatic heterocycles. The molecule has 0 aliphatic carbocycles. The lowest BCUT2D eigenvalue weighted by Gasteiger charge is -2.45. The number of rotatable bonds is 6. The number of amides is 4.